The maximum absolute atomic E-state index is 9.09. The fourth-order valence-electron chi connectivity index (χ4n) is 2.60. The summed E-state index contributed by atoms with van der Waals surface area (Å²) in [4.78, 5) is 0. The van der Waals surface area contributed by atoms with E-state index >= 15 is 0 Å². The summed E-state index contributed by atoms with van der Waals surface area (Å²) in [5.41, 5.74) is 3.63. The van der Waals surface area contributed by atoms with Crippen LogP contribution in [0.4, 0.5) is 0 Å². The number of hydrogen-bond donors (Lipinski definition) is 1. The smallest absolute Gasteiger partial charge is 0.141 e. The number of halogens is 1. The lowest BCUT2D eigenvalue weighted by atomic mass is 9.97. The highest BCUT2D eigenvalue weighted by atomic mass is 35.5. The predicted octanol–water partition coefficient (Wildman–Crippen LogP) is 3.15. The summed E-state index contributed by atoms with van der Waals surface area (Å²) in [6.07, 6.45) is 6.45. The maximum Gasteiger partial charge on any atom is 0.141 e. The first-order valence-electron chi connectivity index (χ1n) is 6.26. The summed E-state index contributed by atoms with van der Waals surface area (Å²) >= 11 is 6.43. The van der Waals surface area contributed by atoms with Crippen molar-refractivity contribution in [2.75, 3.05) is 13.7 Å². The SMILES string of the molecule is COc1c(CCO)cc2c(c1Cl)CCCCC2. The molecule has 2 rings (SSSR count). The Kier molecular flexibility index (Phi) is 4.30. The number of aryl methyl sites for hydroxylation is 1. The monoisotopic (exact) mass is 254 g/mol. The molecular formula is C14H19ClO2. The van der Waals surface area contributed by atoms with Crippen molar-refractivity contribution >= 4 is 11.6 Å². The van der Waals surface area contributed by atoms with Gasteiger partial charge in [0.1, 0.15) is 5.75 Å². The highest BCUT2D eigenvalue weighted by Crippen LogP contribution is 2.37. The van der Waals surface area contributed by atoms with Crippen molar-refractivity contribution in [3.05, 3.63) is 27.8 Å². The third-order valence-electron chi connectivity index (χ3n) is 3.45. The molecule has 0 radical (unpaired) electrons. The average Bonchev–Trinajstić information content (AvgIpc) is 2.55. The number of methoxy groups -OCH3 is 1. The lowest BCUT2D eigenvalue weighted by Crippen LogP contribution is -2.02. The van der Waals surface area contributed by atoms with Gasteiger partial charge in [0, 0.05) is 6.61 Å². The van der Waals surface area contributed by atoms with Crippen molar-refractivity contribution in [1.29, 1.82) is 0 Å². The number of rotatable bonds is 3. The van der Waals surface area contributed by atoms with E-state index in [9.17, 15) is 0 Å². The standard InChI is InChI=1S/C14H19ClO2/c1-17-14-11(7-8-16)9-10-5-3-2-4-6-12(10)13(14)15/h9,16H,2-8H2,1H3. The van der Waals surface area contributed by atoms with E-state index < -0.39 is 0 Å². The molecule has 0 amide bonds. The van der Waals surface area contributed by atoms with Crippen molar-refractivity contribution in [2.45, 2.75) is 38.5 Å². The molecule has 0 aromatic heterocycles. The van der Waals surface area contributed by atoms with E-state index in [2.05, 4.69) is 6.07 Å². The Morgan fingerprint density at radius 2 is 2.06 bits per heavy atom. The van der Waals surface area contributed by atoms with Gasteiger partial charge in [-0.05, 0) is 48.8 Å². The number of aliphatic hydroxyl groups is 1. The van der Waals surface area contributed by atoms with Crippen molar-refractivity contribution < 1.29 is 9.84 Å². The van der Waals surface area contributed by atoms with E-state index in [0.29, 0.717) is 6.42 Å². The van der Waals surface area contributed by atoms with Gasteiger partial charge in [0.25, 0.3) is 0 Å². The molecule has 1 aliphatic carbocycles. The van der Waals surface area contributed by atoms with Crippen LogP contribution in [0.2, 0.25) is 5.02 Å². The number of ether oxygens (including phenoxy) is 1. The third-order valence-corrected chi connectivity index (χ3v) is 3.85. The van der Waals surface area contributed by atoms with Crippen LogP contribution in [0.5, 0.6) is 5.75 Å². The Labute approximate surface area is 108 Å². The molecule has 1 aromatic rings. The van der Waals surface area contributed by atoms with Crippen LogP contribution in [0.25, 0.3) is 0 Å². The number of hydrogen-bond acceptors (Lipinski definition) is 2. The zero-order valence-electron chi connectivity index (χ0n) is 10.3. The molecule has 0 spiro atoms. The van der Waals surface area contributed by atoms with Crippen LogP contribution in [0.15, 0.2) is 6.07 Å². The molecule has 0 saturated heterocycles. The molecule has 0 aliphatic heterocycles. The summed E-state index contributed by atoms with van der Waals surface area (Å²) in [6, 6.07) is 2.17. The zero-order valence-corrected chi connectivity index (χ0v) is 11.0. The maximum atomic E-state index is 9.09. The molecule has 0 saturated carbocycles. The lowest BCUT2D eigenvalue weighted by Gasteiger charge is -2.16. The van der Waals surface area contributed by atoms with Gasteiger partial charge < -0.3 is 9.84 Å². The summed E-state index contributed by atoms with van der Waals surface area (Å²) in [5.74, 6) is 0.751. The molecule has 1 aliphatic rings. The number of benzene rings is 1. The van der Waals surface area contributed by atoms with Crippen LogP contribution in [-0.2, 0) is 19.3 Å². The molecule has 2 nitrogen and oxygen atoms in total. The molecule has 0 atom stereocenters. The highest BCUT2D eigenvalue weighted by molar-refractivity contribution is 6.33. The Hall–Kier alpha value is -0.730. The zero-order chi connectivity index (χ0) is 12.3. The van der Waals surface area contributed by atoms with Crippen molar-refractivity contribution in [3.8, 4) is 5.75 Å². The van der Waals surface area contributed by atoms with Gasteiger partial charge in [-0.25, -0.2) is 0 Å². The van der Waals surface area contributed by atoms with Crippen molar-refractivity contribution in [2.24, 2.45) is 0 Å². The second-order valence-electron chi connectivity index (χ2n) is 4.55. The third kappa shape index (κ3) is 2.58. The van der Waals surface area contributed by atoms with Gasteiger partial charge in [-0.2, -0.15) is 0 Å². The van der Waals surface area contributed by atoms with Crippen LogP contribution >= 0.6 is 11.6 Å². The molecule has 0 heterocycles. The fourth-order valence-corrected chi connectivity index (χ4v) is 3.01. The molecular weight excluding hydrogens is 236 g/mol. The summed E-state index contributed by atoms with van der Waals surface area (Å²) in [5, 5.41) is 9.85. The number of aliphatic hydroxyl groups excluding tert-OH is 1. The van der Waals surface area contributed by atoms with E-state index in [4.69, 9.17) is 21.4 Å². The molecule has 3 heteroatoms. The van der Waals surface area contributed by atoms with Gasteiger partial charge in [-0.15, -0.1) is 0 Å². The molecule has 94 valence electrons. The normalized spacial score (nSPS) is 15.2. The van der Waals surface area contributed by atoms with E-state index in [1.54, 1.807) is 7.11 Å². The number of fused-ring (bicyclic) bond motifs is 1. The highest BCUT2D eigenvalue weighted by Gasteiger charge is 2.18. The Morgan fingerprint density at radius 3 is 2.76 bits per heavy atom. The minimum absolute atomic E-state index is 0.130. The van der Waals surface area contributed by atoms with Crippen LogP contribution in [0, 0.1) is 0 Å². The van der Waals surface area contributed by atoms with E-state index in [1.165, 1.54) is 30.4 Å². The first-order valence-corrected chi connectivity index (χ1v) is 6.63. The largest absolute Gasteiger partial charge is 0.495 e. The van der Waals surface area contributed by atoms with E-state index in [1.807, 2.05) is 0 Å². The second kappa shape index (κ2) is 5.74. The van der Waals surface area contributed by atoms with Crippen LogP contribution in [-0.4, -0.2) is 18.8 Å². The minimum Gasteiger partial charge on any atom is -0.495 e. The molecule has 1 N–H and O–H groups in total. The van der Waals surface area contributed by atoms with Gasteiger partial charge in [-0.3, -0.25) is 0 Å². The summed E-state index contributed by atoms with van der Waals surface area (Å²) in [7, 11) is 1.64. The Morgan fingerprint density at radius 1 is 1.29 bits per heavy atom. The molecule has 0 bridgehead atoms. The van der Waals surface area contributed by atoms with Gasteiger partial charge >= 0.3 is 0 Å². The summed E-state index contributed by atoms with van der Waals surface area (Å²) < 4.78 is 5.39. The van der Waals surface area contributed by atoms with Crippen molar-refractivity contribution in [1.82, 2.24) is 0 Å². The minimum atomic E-state index is 0.130. The molecule has 17 heavy (non-hydrogen) atoms. The molecule has 0 fully saturated rings. The van der Waals surface area contributed by atoms with Gasteiger partial charge in [0.2, 0.25) is 0 Å². The van der Waals surface area contributed by atoms with Gasteiger partial charge in [-0.1, -0.05) is 24.1 Å². The fraction of sp³-hybridized carbons (Fsp3) is 0.571. The Bertz CT molecular complexity index is 401. The summed E-state index contributed by atoms with van der Waals surface area (Å²) in [6.45, 7) is 0.130. The van der Waals surface area contributed by atoms with E-state index in [-0.39, 0.29) is 6.61 Å². The van der Waals surface area contributed by atoms with Crippen LogP contribution < -0.4 is 4.74 Å². The second-order valence-corrected chi connectivity index (χ2v) is 4.93. The molecule has 0 unspecified atom stereocenters. The van der Waals surface area contributed by atoms with Crippen LogP contribution in [0.3, 0.4) is 0 Å². The quantitative estimate of drug-likeness (QED) is 0.840. The lowest BCUT2D eigenvalue weighted by molar-refractivity contribution is 0.296. The van der Waals surface area contributed by atoms with Gasteiger partial charge in [0.05, 0.1) is 12.1 Å². The first-order chi connectivity index (χ1) is 8.27. The molecule has 1 aromatic carbocycles. The average molecular weight is 255 g/mol. The van der Waals surface area contributed by atoms with Gasteiger partial charge in [0.15, 0.2) is 0 Å². The van der Waals surface area contributed by atoms with Crippen molar-refractivity contribution in [3.63, 3.8) is 0 Å². The topological polar surface area (TPSA) is 29.5 Å². The van der Waals surface area contributed by atoms with Crippen LogP contribution in [0.1, 0.15) is 36.0 Å². The first kappa shape index (κ1) is 12.7. The predicted molar refractivity (Wildman–Crippen MR) is 70.1 cm³/mol. The Balaban J connectivity index is 2.49. The van der Waals surface area contributed by atoms with E-state index in [0.717, 1.165) is 29.2 Å².